The molecule has 0 bridgehead atoms. The van der Waals surface area contributed by atoms with Crippen molar-refractivity contribution in [2.24, 2.45) is 17.2 Å². The van der Waals surface area contributed by atoms with Gasteiger partial charge in [0.05, 0.1) is 0 Å². The summed E-state index contributed by atoms with van der Waals surface area (Å²) >= 11 is 0. The van der Waals surface area contributed by atoms with Crippen molar-refractivity contribution < 1.29 is 0 Å². The second-order valence-corrected chi connectivity index (χ2v) is 7.02. The maximum atomic E-state index is 5.96. The zero-order valence-corrected chi connectivity index (χ0v) is 13.3. The van der Waals surface area contributed by atoms with Gasteiger partial charge in [0.15, 0.2) is 0 Å². The van der Waals surface area contributed by atoms with Gasteiger partial charge in [-0.05, 0) is 55.1 Å². The highest BCUT2D eigenvalue weighted by molar-refractivity contribution is 5.27. The average molecular weight is 274 g/mol. The Balaban J connectivity index is 2.19. The van der Waals surface area contributed by atoms with Crippen LogP contribution >= 0.6 is 0 Å². The molecule has 0 saturated heterocycles. The molecule has 0 heterocycles. The van der Waals surface area contributed by atoms with Crippen molar-refractivity contribution in [3.63, 3.8) is 0 Å². The van der Waals surface area contributed by atoms with E-state index in [4.69, 9.17) is 5.84 Å². The molecule has 0 amide bonds. The first-order chi connectivity index (χ1) is 9.57. The summed E-state index contributed by atoms with van der Waals surface area (Å²) in [6, 6.07) is 9.10. The highest BCUT2D eigenvalue weighted by Crippen LogP contribution is 2.46. The third kappa shape index (κ3) is 3.42. The SMILES string of the molecule is Cc1ccccc1CC(NN)C1(CC(C)C)CCCC1. The molecular formula is C18H30N2. The quantitative estimate of drug-likeness (QED) is 0.608. The van der Waals surface area contributed by atoms with Crippen LogP contribution < -0.4 is 11.3 Å². The van der Waals surface area contributed by atoms with Crippen molar-refractivity contribution in [1.82, 2.24) is 5.43 Å². The second-order valence-electron chi connectivity index (χ2n) is 7.02. The largest absolute Gasteiger partial charge is 0.271 e. The van der Waals surface area contributed by atoms with Crippen molar-refractivity contribution in [3.05, 3.63) is 35.4 Å². The highest BCUT2D eigenvalue weighted by Gasteiger charge is 2.41. The van der Waals surface area contributed by atoms with Gasteiger partial charge >= 0.3 is 0 Å². The number of aryl methyl sites for hydroxylation is 1. The fraction of sp³-hybridized carbons (Fsp3) is 0.667. The minimum absolute atomic E-state index is 0.394. The molecule has 1 atom stereocenters. The average Bonchev–Trinajstić information content (AvgIpc) is 2.86. The van der Waals surface area contributed by atoms with Crippen molar-refractivity contribution in [3.8, 4) is 0 Å². The normalized spacial score (nSPS) is 19.4. The molecule has 0 aromatic heterocycles. The Kier molecular flexibility index (Phi) is 5.22. The Bertz CT molecular complexity index is 419. The maximum absolute atomic E-state index is 5.96. The molecule has 0 radical (unpaired) electrons. The maximum Gasteiger partial charge on any atom is 0.0307 e. The monoisotopic (exact) mass is 274 g/mol. The summed E-state index contributed by atoms with van der Waals surface area (Å²) in [6.45, 7) is 6.87. The van der Waals surface area contributed by atoms with Crippen molar-refractivity contribution in [2.75, 3.05) is 0 Å². The van der Waals surface area contributed by atoms with Crippen LogP contribution in [0.15, 0.2) is 24.3 Å². The third-order valence-corrected chi connectivity index (χ3v) is 5.04. The molecule has 2 nitrogen and oxygen atoms in total. The smallest absolute Gasteiger partial charge is 0.0307 e. The molecular weight excluding hydrogens is 244 g/mol. The fourth-order valence-electron chi connectivity index (χ4n) is 4.10. The van der Waals surface area contributed by atoms with Crippen LogP contribution in [0.25, 0.3) is 0 Å². The van der Waals surface area contributed by atoms with Crippen LogP contribution in [-0.4, -0.2) is 6.04 Å². The van der Waals surface area contributed by atoms with E-state index in [1.807, 2.05) is 0 Å². The van der Waals surface area contributed by atoms with Gasteiger partial charge in [-0.1, -0.05) is 51.0 Å². The molecule has 1 saturated carbocycles. The Morgan fingerprint density at radius 3 is 2.40 bits per heavy atom. The molecule has 1 fully saturated rings. The van der Waals surface area contributed by atoms with E-state index in [1.165, 1.54) is 43.2 Å². The minimum atomic E-state index is 0.394. The summed E-state index contributed by atoms with van der Waals surface area (Å²) in [5, 5.41) is 0. The minimum Gasteiger partial charge on any atom is -0.271 e. The summed E-state index contributed by atoms with van der Waals surface area (Å²) in [6.07, 6.45) is 7.71. The Morgan fingerprint density at radius 1 is 1.20 bits per heavy atom. The standard InChI is InChI=1S/C18H30N2/c1-14(2)13-18(10-6-7-11-18)17(20-19)12-16-9-5-4-8-15(16)3/h4-5,8-9,14,17,20H,6-7,10-13,19H2,1-3H3. The van der Waals surface area contributed by atoms with E-state index in [9.17, 15) is 0 Å². The van der Waals surface area contributed by atoms with E-state index >= 15 is 0 Å². The number of hydrogen-bond donors (Lipinski definition) is 2. The molecule has 1 unspecified atom stereocenters. The second kappa shape index (κ2) is 6.73. The number of nitrogens with two attached hydrogens (primary N) is 1. The van der Waals surface area contributed by atoms with E-state index in [2.05, 4.69) is 50.5 Å². The van der Waals surface area contributed by atoms with Crippen molar-refractivity contribution >= 4 is 0 Å². The Hall–Kier alpha value is -0.860. The lowest BCUT2D eigenvalue weighted by atomic mass is 9.71. The highest BCUT2D eigenvalue weighted by atomic mass is 15.2. The first-order valence-electron chi connectivity index (χ1n) is 8.08. The van der Waals surface area contributed by atoms with Crippen molar-refractivity contribution in [1.29, 1.82) is 0 Å². The topological polar surface area (TPSA) is 38.0 Å². The summed E-state index contributed by atoms with van der Waals surface area (Å²) in [4.78, 5) is 0. The van der Waals surface area contributed by atoms with Gasteiger partial charge in [-0.15, -0.1) is 0 Å². The fourth-order valence-corrected chi connectivity index (χ4v) is 4.10. The van der Waals surface area contributed by atoms with Crippen LogP contribution in [0.2, 0.25) is 0 Å². The third-order valence-electron chi connectivity index (χ3n) is 5.04. The zero-order chi connectivity index (χ0) is 14.6. The van der Waals surface area contributed by atoms with Crippen LogP contribution in [0.5, 0.6) is 0 Å². The summed E-state index contributed by atoms with van der Waals surface area (Å²) in [7, 11) is 0. The molecule has 20 heavy (non-hydrogen) atoms. The summed E-state index contributed by atoms with van der Waals surface area (Å²) in [5.41, 5.74) is 6.38. The number of rotatable bonds is 6. The summed E-state index contributed by atoms with van der Waals surface area (Å²) in [5.74, 6) is 6.70. The molecule has 1 aliphatic rings. The van der Waals surface area contributed by atoms with E-state index in [-0.39, 0.29) is 0 Å². The molecule has 2 rings (SSSR count). The van der Waals surface area contributed by atoms with Gasteiger partial charge in [-0.2, -0.15) is 0 Å². The lowest BCUT2D eigenvalue weighted by molar-refractivity contribution is 0.154. The van der Waals surface area contributed by atoms with Crippen molar-refractivity contribution in [2.45, 2.75) is 65.3 Å². The van der Waals surface area contributed by atoms with Crippen LogP contribution in [0.4, 0.5) is 0 Å². The first-order valence-corrected chi connectivity index (χ1v) is 8.08. The number of hydrogen-bond acceptors (Lipinski definition) is 2. The Labute approximate surface area is 124 Å². The van der Waals surface area contributed by atoms with Gasteiger partial charge in [0.2, 0.25) is 0 Å². The summed E-state index contributed by atoms with van der Waals surface area (Å²) < 4.78 is 0. The van der Waals surface area contributed by atoms with Crippen LogP contribution in [0, 0.1) is 18.3 Å². The van der Waals surface area contributed by atoms with E-state index < -0.39 is 0 Å². The molecule has 112 valence electrons. The predicted molar refractivity (Wildman–Crippen MR) is 86.4 cm³/mol. The number of benzene rings is 1. The molecule has 2 heteroatoms. The first kappa shape index (κ1) is 15.5. The van der Waals surface area contributed by atoms with Gasteiger partial charge in [0, 0.05) is 6.04 Å². The molecule has 0 aliphatic heterocycles. The number of hydrazine groups is 1. The molecule has 1 aromatic carbocycles. The van der Waals surface area contributed by atoms with E-state index in [0.717, 1.165) is 12.3 Å². The van der Waals surface area contributed by atoms with Crippen LogP contribution in [0.3, 0.4) is 0 Å². The van der Waals surface area contributed by atoms with Crippen LogP contribution in [-0.2, 0) is 6.42 Å². The lowest BCUT2D eigenvalue weighted by Crippen LogP contribution is -2.49. The van der Waals surface area contributed by atoms with Gasteiger partial charge in [-0.25, -0.2) is 0 Å². The van der Waals surface area contributed by atoms with Gasteiger partial charge < -0.3 is 0 Å². The molecule has 1 aromatic rings. The number of nitrogens with one attached hydrogen (secondary N) is 1. The van der Waals surface area contributed by atoms with E-state index in [0.29, 0.717) is 11.5 Å². The molecule has 0 spiro atoms. The molecule has 1 aliphatic carbocycles. The van der Waals surface area contributed by atoms with Gasteiger partial charge in [-0.3, -0.25) is 11.3 Å². The zero-order valence-electron chi connectivity index (χ0n) is 13.3. The molecule has 3 N–H and O–H groups in total. The Morgan fingerprint density at radius 2 is 1.85 bits per heavy atom. The van der Waals surface area contributed by atoms with Crippen LogP contribution in [0.1, 0.15) is 57.1 Å². The van der Waals surface area contributed by atoms with Gasteiger partial charge in [0.1, 0.15) is 0 Å². The predicted octanol–water partition coefficient (Wildman–Crippen LogP) is 3.98. The van der Waals surface area contributed by atoms with Gasteiger partial charge in [0.25, 0.3) is 0 Å². The van der Waals surface area contributed by atoms with E-state index in [1.54, 1.807) is 0 Å². The lowest BCUT2D eigenvalue weighted by Gasteiger charge is -2.39.